The second kappa shape index (κ2) is 8.97. The molecule has 0 atom stereocenters. The number of carbonyl (C=O) groups is 1. The third kappa shape index (κ3) is 5.03. The van der Waals surface area contributed by atoms with E-state index >= 15 is 0 Å². The zero-order valence-corrected chi connectivity index (χ0v) is 16.3. The number of nitrogens with one attached hydrogen (secondary N) is 1. The smallest absolute Gasteiger partial charge is 0.337 e. The highest BCUT2D eigenvalue weighted by Crippen LogP contribution is 2.37. The minimum absolute atomic E-state index is 0.0636. The van der Waals surface area contributed by atoms with Gasteiger partial charge in [-0.2, -0.15) is 0 Å². The summed E-state index contributed by atoms with van der Waals surface area (Å²) in [6.45, 7) is 3.13. The number of anilines is 1. The van der Waals surface area contributed by atoms with Gasteiger partial charge in [0.1, 0.15) is 0 Å². The quantitative estimate of drug-likeness (QED) is 0.604. The van der Waals surface area contributed by atoms with Crippen molar-refractivity contribution in [3.8, 4) is 11.5 Å². The maximum absolute atomic E-state index is 11.2. The number of ether oxygens (including phenoxy) is 2. The van der Waals surface area contributed by atoms with Crippen LogP contribution in [0.5, 0.6) is 11.5 Å². The van der Waals surface area contributed by atoms with Crippen LogP contribution in [0.1, 0.15) is 29.3 Å². The SMILES string of the molecule is CCCOc1c(Br)cc(CNc2ccc(Cl)c(C(=O)O)c2)cc1OC. The number of rotatable bonds is 8. The fraction of sp³-hybridized carbons (Fsp3) is 0.278. The Labute approximate surface area is 160 Å². The minimum Gasteiger partial charge on any atom is -0.493 e. The Balaban J connectivity index is 2.17. The monoisotopic (exact) mass is 427 g/mol. The van der Waals surface area contributed by atoms with Crippen molar-refractivity contribution in [2.45, 2.75) is 19.9 Å². The van der Waals surface area contributed by atoms with Crippen LogP contribution in [0.3, 0.4) is 0 Å². The highest BCUT2D eigenvalue weighted by molar-refractivity contribution is 9.10. The molecule has 0 aliphatic rings. The second-order valence-electron chi connectivity index (χ2n) is 5.31. The van der Waals surface area contributed by atoms with Gasteiger partial charge in [0.25, 0.3) is 0 Å². The molecule has 0 aromatic heterocycles. The number of carboxylic acid groups (broad SMARTS) is 1. The second-order valence-corrected chi connectivity index (χ2v) is 6.57. The predicted molar refractivity (Wildman–Crippen MR) is 102 cm³/mol. The first kappa shape index (κ1) is 19.4. The van der Waals surface area contributed by atoms with Crippen LogP contribution in [-0.2, 0) is 6.54 Å². The molecule has 0 aliphatic heterocycles. The lowest BCUT2D eigenvalue weighted by Crippen LogP contribution is -2.04. The molecule has 134 valence electrons. The van der Waals surface area contributed by atoms with E-state index in [0.717, 1.165) is 16.5 Å². The molecule has 0 aliphatic carbocycles. The summed E-state index contributed by atoms with van der Waals surface area (Å²) in [4.78, 5) is 11.2. The molecule has 25 heavy (non-hydrogen) atoms. The average molecular weight is 429 g/mol. The van der Waals surface area contributed by atoms with Crippen molar-refractivity contribution in [1.29, 1.82) is 0 Å². The van der Waals surface area contributed by atoms with Crippen LogP contribution in [0, 0.1) is 0 Å². The Kier molecular flexibility index (Phi) is 6.96. The summed E-state index contributed by atoms with van der Waals surface area (Å²) in [6, 6.07) is 8.63. The zero-order chi connectivity index (χ0) is 18.4. The molecule has 2 aromatic carbocycles. The average Bonchev–Trinajstić information content (AvgIpc) is 2.59. The summed E-state index contributed by atoms with van der Waals surface area (Å²) >= 11 is 9.39. The fourth-order valence-electron chi connectivity index (χ4n) is 2.22. The number of halogens is 2. The summed E-state index contributed by atoms with van der Waals surface area (Å²) in [5, 5.41) is 12.5. The van der Waals surface area contributed by atoms with Gasteiger partial charge in [-0.25, -0.2) is 4.79 Å². The van der Waals surface area contributed by atoms with Crippen molar-refractivity contribution >= 4 is 39.2 Å². The minimum atomic E-state index is -1.06. The molecule has 0 saturated carbocycles. The van der Waals surface area contributed by atoms with Crippen molar-refractivity contribution in [3.05, 3.63) is 51.0 Å². The molecule has 2 aromatic rings. The Morgan fingerprint density at radius 1 is 1.32 bits per heavy atom. The molecular weight excluding hydrogens is 410 g/mol. The highest BCUT2D eigenvalue weighted by Gasteiger charge is 2.12. The third-order valence-electron chi connectivity index (χ3n) is 3.43. The van der Waals surface area contributed by atoms with Crippen molar-refractivity contribution in [2.24, 2.45) is 0 Å². The molecule has 7 heteroatoms. The van der Waals surface area contributed by atoms with E-state index < -0.39 is 5.97 Å². The molecule has 2 rings (SSSR count). The lowest BCUT2D eigenvalue weighted by atomic mass is 10.1. The molecule has 0 saturated heterocycles. The molecular formula is C18H19BrClNO4. The van der Waals surface area contributed by atoms with Crippen molar-refractivity contribution in [1.82, 2.24) is 0 Å². The van der Waals surface area contributed by atoms with Gasteiger partial charge >= 0.3 is 5.97 Å². The molecule has 0 fully saturated rings. The van der Waals surface area contributed by atoms with E-state index in [0.29, 0.717) is 30.3 Å². The van der Waals surface area contributed by atoms with E-state index in [2.05, 4.69) is 21.2 Å². The molecule has 0 unspecified atom stereocenters. The Morgan fingerprint density at radius 3 is 2.72 bits per heavy atom. The summed E-state index contributed by atoms with van der Waals surface area (Å²) in [5.74, 6) is 0.255. The zero-order valence-electron chi connectivity index (χ0n) is 13.9. The molecule has 0 amide bonds. The van der Waals surface area contributed by atoms with E-state index in [1.54, 1.807) is 19.2 Å². The van der Waals surface area contributed by atoms with Crippen molar-refractivity contribution in [2.75, 3.05) is 19.0 Å². The number of benzene rings is 2. The van der Waals surface area contributed by atoms with Gasteiger partial charge in [-0.05, 0) is 58.2 Å². The molecule has 0 heterocycles. The lowest BCUT2D eigenvalue weighted by molar-refractivity contribution is 0.0697. The maximum atomic E-state index is 11.2. The molecule has 0 bridgehead atoms. The van der Waals surface area contributed by atoms with Gasteiger partial charge in [0, 0.05) is 12.2 Å². The van der Waals surface area contributed by atoms with Gasteiger partial charge in [-0.1, -0.05) is 18.5 Å². The van der Waals surface area contributed by atoms with E-state index in [1.807, 2.05) is 19.1 Å². The van der Waals surface area contributed by atoms with Crippen LogP contribution >= 0.6 is 27.5 Å². The molecule has 0 spiro atoms. The van der Waals surface area contributed by atoms with E-state index in [-0.39, 0.29) is 10.6 Å². The summed E-state index contributed by atoms with van der Waals surface area (Å²) < 4.78 is 11.9. The normalized spacial score (nSPS) is 10.4. The Morgan fingerprint density at radius 2 is 2.08 bits per heavy atom. The highest BCUT2D eigenvalue weighted by atomic mass is 79.9. The first-order chi connectivity index (χ1) is 12.0. The first-order valence-corrected chi connectivity index (χ1v) is 8.89. The van der Waals surface area contributed by atoms with E-state index in [9.17, 15) is 4.79 Å². The van der Waals surface area contributed by atoms with Crippen LogP contribution in [0.2, 0.25) is 5.02 Å². The summed E-state index contributed by atoms with van der Waals surface area (Å²) in [7, 11) is 1.59. The van der Waals surface area contributed by atoms with Gasteiger partial charge in [-0.3, -0.25) is 0 Å². The Bertz CT molecular complexity index is 767. The largest absolute Gasteiger partial charge is 0.493 e. The van der Waals surface area contributed by atoms with Gasteiger partial charge in [0.05, 0.1) is 28.8 Å². The van der Waals surface area contributed by atoms with Gasteiger partial charge in [-0.15, -0.1) is 0 Å². The van der Waals surface area contributed by atoms with E-state index in [1.165, 1.54) is 6.07 Å². The lowest BCUT2D eigenvalue weighted by Gasteiger charge is -2.15. The first-order valence-electron chi connectivity index (χ1n) is 7.72. The number of hydrogen-bond donors (Lipinski definition) is 2. The van der Waals surface area contributed by atoms with Crippen LogP contribution in [0.25, 0.3) is 0 Å². The maximum Gasteiger partial charge on any atom is 0.337 e. The summed E-state index contributed by atoms with van der Waals surface area (Å²) in [6.07, 6.45) is 0.904. The molecule has 0 radical (unpaired) electrons. The van der Waals surface area contributed by atoms with Crippen LogP contribution < -0.4 is 14.8 Å². The van der Waals surface area contributed by atoms with Gasteiger partial charge in [0.2, 0.25) is 0 Å². The molecule has 2 N–H and O–H groups in total. The topological polar surface area (TPSA) is 67.8 Å². The van der Waals surface area contributed by atoms with Gasteiger partial charge in [0.15, 0.2) is 11.5 Å². The standard InChI is InChI=1S/C18H19BrClNO4/c1-3-6-25-17-14(19)7-11(8-16(17)24-2)10-21-12-4-5-15(20)13(9-12)18(22)23/h4-5,7-9,21H,3,6,10H2,1-2H3,(H,22,23). The molecule has 5 nitrogen and oxygen atoms in total. The van der Waals surface area contributed by atoms with Crippen LogP contribution in [0.4, 0.5) is 5.69 Å². The Hall–Kier alpha value is -1.92. The van der Waals surface area contributed by atoms with Gasteiger partial charge < -0.3 is 19.9 Å². The van der Waals surface area contributed by atoms with Crippen LogP contribution in [0.15, 0.2) is 34.8 Å². The predicted octanol–water partition coefficient (Wildman–Crippen LogP) is 5.21. The van der Waals surface area contributed by atoms with Crippen molar-refractivity contribution in [3.63, 3.8) is 0 Å². The number of carboxylic acids is 1. The number of hydrogen-bond acceptors (Lipinski definition) is 4. The summed E-state index contributed by atoms with van der Waals surface area (Å²) in [5.41, 5.74) is 1.69. The third-order valence-corrected chi connectivity index (χ3v) is 4.35. The van der Waals surface area contributed by atoms with E-state index in [4.69, 9.17) is 26.2 Å². The van der Waals surface area contributed by atoms with Crippen molar-refractivity contribution < 1.29 is 19.4 Å². The fourth-order valence-corrected chi connectivity index (χ4v) is 3.03. The number of methoxy groups -OCH3 is 1. The number of aromatic carboxylic acids is 1. The van der Waals surface area contributed by atoms with Crippen LogP contribution in [-0.4, -0.2) is 24.8 Å².